The molecular formula is C11H14ClN. The highest BCUT2D eigenvalue weighted by Crippen LogP contribution is 2.20. The van der Waals surface area contributed by atoms with Crippen LogP contribution in [0.3, 0.4) is 0 Å². The molecule has 0 bridgehead atoms. The van der Waals surface area contributed by atoms with Crippen LogP contribution in [0, 0.1) is 6.92 Å². The van der Waals surface area contributed by atoms with Crippen LogP contribution >= 0.6 is 11.6 Å². The van der Waals surface area contributed by atoms with Gasteiger partial charge in [-0.15, -0.1) is 0 Å². The topological polar surface area (TPSA) is 26.0 Å². The van der Waals surface area contributed by atoms with E-state index in [4.69, 9.17) is 17.3 Å². The number of nitrogens with two attached hydrogens (primary N) is 1. The highest BCUT2D eigenvalue weighted by atomic mass is 35.5. The second kappa shape index (κ2) is 4.45. The van der Waals surface area contributed by atoms with Crippen LogP contribution in [-0.2, 0) is 0 Å². The molecule has 1 unspecified atom stereocenters. The predicted molar refractivity (Wildman–Crippen MR) is 58.9 cm³/mol. The predicted octanol–water partition coefficient (Wildman–Crippen LogP) is 3.01. The summed E-state index contributed by atoms with van der Waals surface area (Å²) in [4.78, 5) is 0. The SMILES string of the molecule is Cc1cccc(Cl)c1/C=C/C(C)N. The summed E-state index contributed by atoms with van der Waals surface area (Å²) in [5, 5.41) is 0.775. The number of benzene rings is 1. The summed E-state index contributed by atoms with van der Waals surface area (Å²) in [6.45, 7) is 3.97. The van der Waals surface area contributed by atoms with Crippen LogP contribution in [0.2, 0.25) is 5.02 Å². The first-order valence-corrected chi connectivity index (χ1v) is 4.68. The fraction of sp³-hybridized carbons (Fsp3) is 0.273. The highest BCUT2D eigenvalue weighted by Gasteiger charge is 1.98. The van der Waals surface area contributed by atoms with Gasteiger partial charge < -0.3 is 5.73 Å². The zero-order valence-electron chi connectivity index (χ0n) is 7.92. The molecule has 1 aromatic carbocycles. The third kappa shape index (κ3) is 2.87. The Labute approximate surface area is 84.2 Å². The number of hydrogen-bond acceptors (Lipinski definition) is 1. The molecule has 0 saturated carbocycles. The molecule has 1 atom stereocenters. The van der Waals surface area contributed by atoms with Gasteiger partial charge in [0, 0.05) is 11.1 Å². The Bertz CT molecular complexity index is 296. The number of aryl methyl sites for hydroxylation is 1. The van der Waals surface area contributed by atoms with E-state index in [-0.39, 0.29) is 6.04 Å². The van der Waals surface area contributed by atoms with E-state index in [1.165, 1.54) is 5.56 Å². The van der Waals surface area contributed by atoms with Gasteiger partial charge in [-0.3, -0.25) is 0 Å². The number of rotatable bonds is 2. The third-order valence-electron chi connectivity index (χ3n) is 1.84. The van der Waals surface area contributed by atoms with E-state index in [1.807, 2.05) is 44.2 Å². The maximum absolute atomic E-state index is 6.02. The van der Waals surface area contributed by atoms with Crippen LogP contribution in [0.4, 0.5) is 0 Å². The van der Waals surface area contributed by atoms with Crippen molar-refractivity contribution in [2.75, 3.05) is 0 Å². The van der Waals surface area contributed by atoms with Gasteiger partial charge in [0.2, 0.25) is 0 Å². The summed E-state index contributed by atoms with van der Waals surface area (Å²) < 4.78 is 0. The van der Waals surface area contributed by atoms with Crippen molar-refractivity contribution in [2.24, 2.45) is 5.73 Å². The van der Waals surface area contributed by atoms with E-state index in [0.717, 1.165) is 10.6 Å². The minimum absolute atomic E-state index is 0.0654. The van der Waals surface area contributed by atoms with Crippen molar-refractivity contribution in [3.8, 4) is 0 Å². The fourth-order valence-corrected chi connectivity index (χ4v) is 1.39. The lowest BCUT2D eigenvalue weighted by molar-refractivity contribution is 0.930. The number of halogens is 1. The Morgan fingerprint density at radius 1 is 1.46 bits per heavy atom. The molecule has 0 spiro atoms. The van der Waals surface area contributed by atoms with Crippen LogP contribution < -0.4 is 5.73 Å². The zero-order chi connectivity index (χ0) is 9.84. The first-order valence-electron chi connectivity index (χ1n) is 4.30. The Morgan fingerprint density at radius 2 is 2.15 bits per heavy atom. The van der Waals surface area contributed by atoms with Crippen molar-refractivity contribution < 1.29 is 0 Å². The van der Waals surface area contributed by atoms with Crippen LogP contribution in [0.1, 0.15) is 18.1 Å². The Hall–Kier alpha value is -0.790. The van der Waals surface area contributed by atoms with Gasteiger partial charge in [0.15, 0.2) is 0 Å². The normalized spacial score (nSPS) is 13.5. The molecule has 2 N–H and O–H groups in total. The first-order chi connectivity index (χ1) is 6.11. The fourth-order valence-electron chi connectivity index (χ4n) is 1.10. The molecule has 0 fully saturated rings. The molecule has 0 aliphatic heterocycles. The minimum atomic E-state index is 0.0654. The van der Waals surface area contributed by atoms with E-state index in [9.17, 15) is 0 Å². The van der Waals surface area contributed by atoms with Crippen molar-refractivity contribution >= 4 is 17.7 Å². The average molecular weight is 196 g/mol. The maximum atomic E-state index is 6.02. The molecule has 0 heterocycles. The molecular weight excluding hydrogens is 182 g/mol. The molecule has 0 aliphatic carbocycles. The van der Waals surface area contributed by atoms with E-state index >= 15 is 0 Å². The Kier molecular flexibility index (Phi) is 3.52. The summed E-state index contributed by atoms with van der Waals surface area (Å²) in [5.74, 6) is 0. The Morgan fingerprint density at radius 3 is 2.69 bits per heavy atom. The second-order valence-corrected chi connectivity index (χ2v) is 3.60. The van der Waals surface area contributed by atoms with E-state index in [0.29, 0.717) is 0 Å². The summed E-state index contributed by atoms with van der Waals surface area (Å²) in [6.07, 6.45) is 3.91. The summed E-state index contributed by atoms with van der Waals surface area (Å²) in [5.41, 5.74) is 7.84. The quantitative estimate of drug-likeness (QED) is 0.772. The van der Waals surface area contributed by atoms with Crippen LogP contribution in [0.5, 0.6) is 0 Å². The lowest BCUT2D eigenvalue weighted by atomic mass is 10.1. The lowest BCUT2D eigenvalue weighted by Crippen LogP contribution is -2.09. The van der Waals surface area contributed by atoms with Crippen molar-refractivity contribution in [2.45, 2.75) is 19.9 Å². The zero-order valence-corrected chi connectivity index (χ0v) is 8.68. The van der Waals surface area contributed by atoms with Gasteiger partial charge in [-0.2, -0.15) is 0 Å². The molecule has 13 heavy (non-hydrogen) atoms. The summed E-state index contributed by atoms with van der Waals surface area (Å²) in [7, 11) is 0. The second-order valence-electron chi connectivity index (χ2n) is 3.19. The van der Waals surface area contributed by atoms with E-state index in [1.54, 1.807) is 0 Å². The molecule has 2 heteroatoms. The summed E-state index contributed by atoms with van der Waals surface area (Å²) in [6, 6.07) is 5.93. The summed E-state index contributed by atoms with van der Waals surface area (Å²) >= 11 is 6.02. The molecule has 1 aromatic rings. The molecule has 0 radical (unpaired) electrons. The highest BCUT2D eigenvalue weighted by molar-refractivity contribution is 6.32. The van der Waals surface area contributed by atoms with Gasteiger partial charge in [-0.05, 0) is 31.0 Å². The standard InChI is InChI=1S/C11H14ClN/c1-8-4-3-5-11(12)10(8)7-6-9(2)13/h3-7,9H,13H2,1-2H3/b7-6+. The van der Waals surface area contributed by atoms with Crippen molar-refractivity contribution in [3.05, 3.63) is 40.4 Å². The van der Waals surface area contributed by atoms with Crippen molar-refractivity contribution in [3.63, 3.8) is 0 Å². The van der Waals surface area contributed by atoms with E-state index < -0.39 is 0 Å². The molecule has 0 aromatic heterocycles. The molecule has 70 valence electrons. The molecule has 1 rings (SSSR count). The largest absolute Gasteiger partial charge is 0.325 e. The number of hydrogen-bond donors (Lipinski definition) is 1. The van der Waals surface area contributed by atoms with Crippen LogP contribution in [0.15, 0.2) is 24.3 Å². The van der Waals surface area contributed by atoms with Gasteiger partial charge in [0.1, 0.15) is 0 Å². The van der Waals surface area contributed by atoms with Gasteiger partial charge in [0.05, 0.1) is 0 Å². The minimum Gasteiger partial charge on any atom is -0.325 e. The molecule has 1 nitrogen and oxygen atoms in total. The van der Waals surface area contributed by atoms with Gasteiger partial charge in [0.25, 0.3) is 0 Å². The van der Waals surface area contributed by atoms with Crippen LogP contribution in [0.25, 0.3) is 6.08 Å². The molecule has 0 saturated heterocycles. The van der Waals surface area contributed by atoms with Gasteiger partial charge >= 0.3 is 0 Å². The molecule has 0 amide bonds. The van der Waals surface area contributed by atoms with Crippen molar-refractivity contribution in [1.29, 1.82) is 0 Å². The smallest absolute Gasteiger partial charge is 0.0480 e. The van der Waals surface area contributed by atoms with Gasteiger partial charge in [-0.1, -0.05) is 35.9 Å². The third-order valence-corrected chi connectivity index (χ3v) is 2.17. The monoisotopic (exact) mass is 195 g/mol. The average Bonchev–Trinajstić information content (AvgIpc) is 2.03. The Balaban J connectivity index is 3.00. The molecule has 0 aliphatic rings. The first kappa shape index (κ1) is 10.3. The van der Waals surface area contributed by atoms with Crippen LogP contribution in [-0.4, -0.2) is 6.04 Å². The van der Waals surface area contributed by atoms with Crippen molar-refractivity contribution in [1.82, 2.24) is 0 Å². The lowest BCUT2D eigenvalue weighted by Gasteiger charge is -2.03. The maximum Gasteiger partial charge on any atom is 0.0480 e. The van der Waals surface area contributed by atoms with E-state index in [2.05, 4.69) is 0 Å². The van der Waals surface area contributed by atoms with Gasteiger partial charge in [-0.25, -0.2) is 0 Å².